The lowest BCUT2D eigenvalue weighted by Gasteiger charge is -2.38. The van der Waals surface area contributed by atoms with Crippen molar-refractivity contribution >= 4 is 40.5 Å². The number of aliphatic hydroxyl groups excluding tert-OH is 1. The Bertz CT molecular complexity index is 1650. The molecule has 1 spiro atoms. The molecule has 1 N–H and O–H groups in total. The standard InChI is InChI=1S/C36H44N6O4S/c1-4-20-39(24-26-14-8-6-9-15-26)32(44)29-30-33(45)41(22-12-7-13-23-43)31(36(30)19-18-35(29,3)47-36)34(46)40(21-5-2)25-42-28-17-11-10-16-27(28)37-38-42/h4-6,8-11,14-17,29-31,43H,1-2,7,12-13,18-25H2,3H3/t29-,30+,31?,35+,36?/m1/s1. The van der Waals surface area contributed by atoms with Crippen molar-refractivity contribution in [3.8, 4) is 0 Å². The number of hydrogen-bond donors (Lipinski definition) is 1. The minimum atomic E-state index is -0.740. The van der Waals surface area contributed by atoms with E-state index in [-0.39, 0.29) is 37.5 Å². The molecule has 248 valence electrons. The predicted molar refractivity (Wildman–Crippen MR) is 183 cm³/mol. The topological polar surface area (TPSA) is 112 Å². The number of hydrogen-bond acceptors (Lipinski definition) is 7. The molecule has 0 radical (unpaired) electrons. The Hall–Kier alpha value is -3.96. The van der Waals surface area contributed by atoms with Crippen LogP contribution in [0.25, 0.3) is 11.0 Å². The Morgan fingerprint density at radius 2 is 1.72 bits per heavy atom. The maximum atomic E-state index is 14.9. The second-order valence-electron chi connectivity index (χ2n) is 13.1. The molecule has 3 fully saturated rings. The van der Waals surface area contributed by atoms with Crippen LogP contribution in [0.4, 0.5) is 0 Å². The third-order valence-corrected chi connectivity index (χ3v) is 12.1. The fraction of sp³-hybridized carbons (Fsp3) is 0.472. The van der Waals surface area contributed by atoms with Gasteiger partial charge in [-0.05, 0) is 56.7 Å². The predicted octanol–water partition coefficient (Wildman–Crippen LogP) is 4.26. The smallest absolute Gasteiger partial charge is 0.248 e. The minimum Gasteiger partial charge on any atom is -0.396 e. The highest BCUT2D eigenvalue weighted by molar-refractivity contribution is 8.02. The van der Waals surface area contributed by atoms with Crippen LogP contribution < -0.4 is 0 Å². The van der Waals surface area contributed by atoms with E-state index in [1.165, 1.54) is 0 Å². The second-order valence-corrected chi connectivity index (χ2v) is 15.0. The van der Waals surface area contributed by atoms with Crippen LogP contribution in [0, 0.1) is 11.8 Å². The van der Waals surface area contributed by atoms with Gasteiger partial charge in [-0.25, -0.2) is 4.68 Å². The van der Waals surface area contributed by atoms with Crippen LogP contribution in [0.5, 0.6) is 0 Å². The highest BCUT2D eigenvalue weighted by Crippen LogP contribution is 2.71. The summed E-state index contributed by atoms with van der Waals surface area (Å²) in [6.07, 6.45) is 6.85. The Kier molecular flexibility index (Phi) is 9.57. The highest BCUT2D eigenvalue weighted by atomic mass is 32.2. The van der Waals surface area contributed by atoms with E-state index in [1.54, 1.807) is 43.3 Å². The van der Waals surface area contributed by atoms with Gasteiger partial charge in [-0.3, -0.25) is 14.4 Å². The molecular weight excluding hydrogens is 613 g/mol. The van der Waals surface area contributed by atoms with Gasteiger partial charge in [-0.15, -0.1) is 30.0 Å². The number of carbonyl (C=O) groups excluding carboxylic acids is 3. The van der Waals surface area contributed by atoms with E-state index in [2.05, 4.69) is 30.4 Å². The van der Waals surface area contributed by atoms with Crippen molar-refractivity contribution < 1.29 is 19.5 Å². The van der Waals surface area contributed by atoms with Crippen LogP contribution in [0.2, 0.25) is 0 Å². The summed E-state index contributed by atoms with van der Waals surface area (Å²) in [5.74, 6) is -1.54. The van der Waals surface area contributed by atoms with Gasteiger partial charge in [0.15, 0.2) is 0 Å². The summed E-state index contributed by atoms with van der Waals surface area (Å²) >= 11 is 1.68. The number of likely N-dealkylation sites (tertiary alicyclic amines) is 1. The van der Waals surface area contributed by atoms with E-state index in [1.807, 2.05) is 54.6 Å². The second kappa shape index (κ2) is 13.6. The van der Waals surface area contributed by atoms with Crippen LogP contribution in [0.3, 0.4) is 0 Å². The fourth-order valence-corrected chi connectivity index (χ4v) is 10.4. The van der Waals surface area contributed by atoms with Gasteiger partial charge in [0.05, 0.1) is 22.1 Å². The quantitative estimate of drug-likeness (QED) is 0.192. The number of aliphatic hydroxyl groups is 1. The fourth-order valence-electron chi connectivity index (χ4n) is 8.01. The van der Waals surface area contributed by atoms with Crippen molar-refractivity contribution in [2.45, 2.75) is 67.8 Å². The first kappa shape index (κ1) is 33.0. The molecule has 3 aliphatic rings. The summed E-state index contributed by atoms with van der Waals surface area (Å²) in [5, 5.41) is 18.0. The van der Waals surface area contributed by atoms with Crippen LogP contribution in [0.15, 0.2) is 79.9 Å². The van der Waals surface area contributed by atoms with Crippen LogP contribution in [-0.4, -0.2) is 94.3 Å². The molecule has 0 aliphatic carbocycles. The highest BCUT2D eigenvalue weighted by Gasteiger charge is 2.77. The Labute approximate surface area is 280 Å². The van der Waals surface area contributed by atoms with Gasteiger partial charge in [-0.1, -0.05) is 59.8 Å². The van der Waals surface area contributed by atoms with Gasteiger partial charge in [-0.2, -0.15) is 0 Å². The Balaban J connectivity index is 1.36. The largest absolute Gasteiger partial charge is 0.396 e. The lowest BCUT2D eigenvalue weighted by molar-refractivity contribution is -0.146. The molecule has 0 saturated carbocycles. The number of unbranched alkanes of at least 4 members (excludes halogenated alkanes) is 2. The zero-order valence-corrected chi connectivity index (χ0v) is 27.9. The van der Waals surface area contributed by atoms with E-state index in [9.17, 15) is 19.5 Å². The Morgan fingerprint density at radius 3 is 2.47 bits per heavy atom. The van der Waals surface area contributed by atoms with Gasteiger partial charge in [0, 0.05) is 37.5 Å². The Morgan fingerprint density at radius 1 is 1.00 bits per heavy atom. The van der Waals surface area contributed by atoms with E-state index >= 15 is 0 Å². The minimum absolute atomic E-state index is 0.0611. The van der Waals surface area contributed by atoms with E-state index < -0.39 is 27.4 Å². The summed E-state index contributed by atoms with van der Waals surface area (Å²) < 4.78 is 0.481. The summed E-state index contributed by atoms with van der Waals surface area (Å²) in [4.78, 5) is 49.4. The zero-order chi connectivity index (χ0) is 33.2. The van der Waals surface area contributed by atoms with Gasteiger partial charge in [0.2, 0.25) is 17.7 Å². The number of aromatic nitrogens is 3. The third-order valence-electron chi connectivity index (χ3n) is 10.1. The SMILES string of the molecule is C=CCN(Cn1nnc2ccccc21)C(=O)C1N(CCCCCO)C(=O)[C@@H]2[C@H](C(=O)N(CC=C)Cc3ccccc3)[C@]3(C)CCC12S3. The molecule has 2 unspecified atom stereocenters. The number of rotatable bonds is 15. The monoisotopic (exact) mass is 656 g/mol. The maximum absolute atomic E-state index is 14.9. The van der Waals surface area contributed by atoms with Crippen molar-refractivity contribution in [1.82, 2.24) is 29.7 Å². The molecule has 10 nitrogen and oxygen atoms in total. The van der Waals surface area contributed by atoms with E-state index in [0.29, 0.717) is 38.9 Å². The normalized spacial score (nSPS) is 26.0. The number of thioether (sulfide) groups is 1. The molecule has 5 atom stereocenters. The molecule has 3 aliphatic heterocycles. The average Bonchev–Trinajstić information content (AvgIpc) is 3.78. The summed E-state index contributed by atoms with van der Waals surface area (Å²) in [7, 11) is 0. The van der Waals surface area contributed by atoms with Gasteiger partial charge in [0.25, 0.3) is 0 Å². The number of amides is 3. The molecule has 2 aromatic carbocycles. The van der Waals surface area contributed by atoms with E-state index in [0.717, 1.165) is 29.4 Å². The first-order chi connectivity index (χ1) is 22.8. The first-order valence-corrected chi connectivity index (χ1v) is 17.3. The lowest BCUT2D eigenvalue weighted by Crippen LogP contribution is -2.55. The molecule has 2 bridgehead atoms. The van der Waals surface area contributed by atoms with Gasteiger partial charge < -0.3 is 19.8 Å². The average molecular weight is 657 g/mol. The van der Waals surface area contributed by atoms with Crippen LogP contribution in [-0.2, 0) is 27.6 Å². The molecule has 3 aromatic rings. The van der Waals surface area contributed by atoms with Crippen molar-refractivity contribution in [1.29, 1.82) is 0 Å². The van der Waals surface area contributed by atoms with Gasteiger partial charge in [0.1, 0.15) is 18.2 Å². The van der Waals surface area contributed by atoms with Crippen molar-refractivity contribution in [2.24, 2.45) is 11.8 Å². The molecule has 6 rings (SSSR count). The molecule has 4 heterocycles. The third kappa shape index (κ3) is 5.88. The molecule has 3 amide bonds. The van der Waals surface area contributed by atoms with Crippen LogP contribution >= 0.6 is 11.8 Å². The van der Waals surface area contributed by atoms with Crippen molar-refractivity contribution in [2.75, 3.05) is 26.2 Å². The number of benzene rings is 2. The maximum Gasteiger partial charge on any atom is 0.248 e. The molecule has 3 saturated heterocycles. The lowest BCUT2D eigenvalue weighted by atomic mass is 9.66. The summed E-state index contributed by atoms with van der Waals surface area (Å²) in [5.41, 5.74) is 2.55. The van der Waals surface area contributed by atoms with Crippen LogP contribution in [0.1, 0.15) is 44.6 Å². The summed E-state index contributed by atoms with van der Waals surface area (Å²) in [6.45, 7) is 11.6. The summed E-state index contributed by atoms with van der Waals surface area (Å²) in [6, 6.07) is 16.7. The zero-order valence-electron chi connectivity index (χ0n) is 27.0. The molecule has 47 heavy (non-hydrogen) atoms. The number of fused-ring (bicyclic) bond motifs is 2. The van der Waals surface area contributed by atoms with E-state index in [4.69, 9.17) is 0 Å². The number of nitrogens with zero attached hydrogens (tertiary/aromatic N) is 6. The molecule has 1 aromatic heterocycles. The van der Waals surface area contributed by atoms with Gasteiger partial charge >= 0.3 is 0 Å². The van der Waals surface area contributed by atoms with Crippen molar-refractivity contribution in [3.63, 3.8) is 0 Å². The molecule has 11 heteroatoms. The molecular formula is C36H44N6O4S. The number of carbonyl (C=O) groups is 3. The first-order valence-electron chi connectivity index (χ1n) is 16.5. The van der Waals surface area contributed by atoms with Crippen molar-refractivity contribution in [3.05, 3.63) is 85.5 Å². The number of para-hydroxylation sites is 1.